The van der Waals surface area contributed by atoms with Crippen LogP contribution in [0.2, 0.25) is 0 Å². The summed E-state index contributed by atoms with van der Waals surface area (Å²) in [6.07, 6.45) is 1.94. The maximum absolute atomic E-state index is 14.1. The van der Waals surface area contributed by atoms with Crippen molar-refractivity contribution in [1.82, 2.24) is 9.88 Å². The molecule has 1 aromatic rings. The normalized spacial score (nSPS) is 23.8. The summed E-state index contributed by atoms with van der Waals surface area (Å²) in [5.74, 6) is -3.46. The van der Waals surface area contributed by atoms with Crippen molar-refractivity contribution in [2.45, 2.75) is 32.1 Å². The smallest absolute Gasteiger partial charge is 0.272 e. The van der Waals surface area contributed by atoms with Crippen molar-refractivity contribution in [2.24, 2.45) is 11.8 Å². The summed E-state index contributed by atoms with van der Waals surface area (Å²) in [6, 6.07) is 5.18. The maximum atomic E-state index is 14.1. The molecule has 126 valence electrons. The number of pyridine rings is 1. The van der Waals surface area contributed by atoms with Gasteiger partial charge in [-0.05, 0) is 37.8 Å². The minimum Gasteiger partial charge on any atom is -0.381 e. The molecule has 1 saturated heterocycles. The van der Waals surface area contributed by atoms with Crippen LogP contribution in [0.15, 0.2) is 18.2 Å². The zero-order valence-corrected chi connectivity index (χ0v) is 13.3. The van der Waals surface area contributed by atoms with E-state index in [0.717, 1.165) is 18.5 Å². The standard InChI is InChI=1S/C17H22F2N2O2/c1-12-3-2-4-15(20-12)16(22)21-8-7-17(18,19)14(9-21)11-23-10-13-5-6-13/h2-4,13-14H,5-11H2,1H3. The Kier molecular flexibility index (Phi) is 4.62. The molecule has 2 heterocycles. The van der Waals surface area contributed by atoms with Crippen molar-refractivity contribution in [3.8, 4) is 0 Å². The number of rotatable bonds is 5. The number of hydrogen-bond donors (Lipinski definition) is 0. The first-order valence-electron chi connectivity index (χ1n) is 8.14. The number of alkyl halides is 2. The van der Waals surface area contributed by atoms with Gasteiger partial charge in [-0.2, -0.15) is 0 Å². The van der Waals surface area contributed by atoms with Gasteiger partial charge in [0.1, 0.15) is 5.69 Å². The van der Waals surface area contributed by atoms with Gasteiger partial charge in [-0.3, -0.25) is 4.79 Å². The third-order valence-electron chi connectivity index (χ3n) is 4.52. The first-order valence-corrected chi connectivity index (χ1v) is 8.14. The molecule has 0 radical (unpaired) electrons. The van der Waals surface area contributed by atoms with Gasteiger partial charge in [0, 0.05) is 31.8 Å². The van der Waals surface area contributed by atoms with Crippen LogP contribution < -0.4 is 0 Å². The van der Waals surface area contributed by atoms with Gasteiger partial charge in [-0.25, -0.2) is 13.8 Å². The van der Waals surface area contributed by atoms with Gasteiger partial charge >= 0.3 is 0 Å². The van der Waals surface area contributed by atoms with E-state index in [0.29, 0.717) is 18.2 Å². The highest BCUT2D eigenvalue weighted by atomic mass is 19.3. The second kappa shape index (κ2) is 6.51. The molecule has 1 aliphatic heterocycles. The Bertz CT molecular complexity index is 575. The second-order valence-electron chi connectivity index (χ2n) is 6.60. The van der Waals surface area contributed by atoms with Crippen molar-refractivity contribution in [1.29, 1.82) is 0 Å². The van der Waals surface area contributed by atoms with Crippen LogP contribution >= 0.6 is 0 Å². The first-order chi connectivity index (χ1) is 11.0. The molecule has 6 heteroatoms. The fourth-order valence-electron chi connectivity index (χ4n) is 2.82. The summed E-state index contributed by atoms with van der Waals surface area (Å²) >= 11 is 0. The molecule has 1 unspecified atom stereocenters. The average molecular weight is 324 g/mol. The molecule has 0 aromatic carbocycles. The molecule has 2 aliphatic rings. The average Bonchev–Trinajstić information content (AvgIpc) is 3.32. The topological polar surface area (TPSA) is 42.4 Å². The molecule has 1 amide bonds. The Balaban J connectivity index is 1.62. The number of ether oxygens (including phenoxy) is 1. The van der Waals surface area contributed by atoms with E-state index in [1.54, 1.807) is 25.1 Å². The van der Waals surface area contributed by atoms with Crippen molar-refractivity contribution >= 4 is 5.91 Å². The van der Waals surface area contributed by atoms with Crippen molar-refractivity contribution in [3.05, 3.63) is 29.6 Å². The van der Waals surface area contributed by atoms with Crippen LogP contribution in [0.3, 0.4) is 0 Å². The Morgan fingerprint density at radius 1 is 1.39 bits per heavy atom. The summed E-state index contributed by atoms with van der Waals surface area (Å²) in [7, 11) is 0. The van der Waals surface area contributed by atoms with E-state index in [1.807, 2.05) is 0 Å². The number of nitrogens with zero attached hydrogens (tertiary/aromatic N) is 2. The molecule has 3 rings (SSSR count). The fourth-order valence-corrected chi connectivity index (χ4v) is 2.82. The minimum absolute atomic E-state index is 0.00846. The monoisotopic (exact) mass is 324 g/mol. The zero-order valence-electron chi connectivity index (χ0n) is 13.3. The van der Waals surface area contributed by atoms with Crippen molar-refractivity contribution < 1.29 is 18.3 Å². The molecule has 4 nitrogen and oxygen atoms in total. The maximum Gasteiger partial charge on any atom is 0.272 e. The number of likely N-dealkylation sites (tertiary alicyclic amines) is 1. The second-order valence-corrected chi connectivity index (χ2v) is 6.60. The highest BCUT2D eigenvalue weighted by Crippen LogP contribution is 2.35. The van der Waals surface area contributed by atoms with Gasteiger partial charge in [0.25, 0.3) is 11.8 Å². The molecule has 0 bridgehead atoms. The lowest BCUT2D eigenvalue weighted by Gasteiger charge is -2.38. The number of amides is 1. The number of halogens is 2. The van der Waals surface area contributed by atoms with Crippen molar-refractivity contribution in [3.63, 3.8) is 0 Å². The Morgan fingerprint density at radius 3 is 2.87 bits per heavy atom. The van der Waals surface area contributed by atoms with Crippen molar-refractivity contribution in [2.75, 3.05) is 26.3 Å². The van der Waals surface area contributed by atoms with E-state index >= 15 is 0 Å². The lowest BCUT2D eigenvalue weighted by molar-refractivity contribution is -0.122. The summed E-state index contributed by atoms with van der Waals surface area (Å²) in [6.45, 7) is 2.44. The SMILES string of the molecule is Cc1cccc(C(=O)N2CCC(F)(F)C(COCC3CC3)C2)n1. The summed E-state index contributed by atoms with van der Waals surface area (Å²) in [5, 5.41) is 0. The number of aryl methyl sites for hydroxylation is 1. The van der Waals surface area contributed by atoms with E-state index in [2.05, 4.69) is 4.98 Å². The van der Waals surface area contributed by atoms with Gasteiger partial charge in [0.05, 0.1) is 12.5 Å². The van der Waals surface area contributed by atoms with Crippen LogP contribution in [-0.2, 0) is 4.74 Å². The van der Waals surface area contributed by atoms with E-state index in [4.69, 9.17) is 4.74 Å². The molecular weight excluding hydrogens is 302 g/mol. The number of hydrogen-bond acceptors (Lipinski definition) is 3. The van der Waals surface area contributed by atoms with Crippen LogP contribution in [0.25, 0.3) is 0 Å². The third-order valence-corrected chi connectivity index (χ3v) is 4.52. The zero-order chi connectivity index (χ0) is 16.4. The molecule has 0 N–H and O–H groups in total. The molecule has 1 aromatic heterocycles. The van der Waals surface area contributed by atoms with Crippen LogP contribution in [-0.4, -0.2) is 48.0 Å². The largest absolute Gasteiger partial charge is 0.381 e. The van der Waals surface area contributed by atoms with Gasteiger partial charge < -0.3 is 9.64 Å². The van der Waals surface area contributed by atoms with E-state index < -0.39 is 11.8 Å². The van der Waals surface area contributed by atoms with Crippen LogP contribution in [0.5, 0.6) is 0 Å². The Labute approximate surface area is 134 Å². The highest BCUT2D eigenvalue weighted by Gasteiger charge is 2.45. The van der Waals surface area contributed by atoms with Gasteiger partial charge in [0.2, 0.25) is 0 Å². The quantitative estimate of drug-likeness (QED) is 0.836. The third kappa shape index (κ3) is 4.05. The molecule has 1 atom stereocenters. The van der Waals surface area contributed by atoms with E-state index in [-0.39, 0.29) is 32.0 Å². The minimum atomic E-state index is -2.78. The predicted octanol–water partition coefficient (Wildman–Crippen LogP) is 2.91. The highest BCUT2D eigenvalue weighted by molar-refractivity contribution is 5.92. The molecule has 2 fully saturated rings. The number of carbonyl (C=O) groups is 1. The molecule has 1 saturated carbocycles. The molecule has 1 aliphatic carbocycles. The number of aromatic nitrogens is 1. The van der Waals surface area contributed by atoms with Crippen LogP contribution in [0.1, 0.15) is 35.4 Å². The lowest BCUT2D eigenvalue weighted by atomic mass is 9.94. The molecular formula is C17H22F2N2O2. The first kappa shape index (κ1) is 16.3. The van der Waals surface area contributed by atoms with Crippen LogP contribution in [0, 0.1) is 18.8 Å². The summed E-state index contributed by atoms with van der Waals surface area (Å²) < 4.78 is 33.6. The fraction of sp³-hybridized carbons (Fsp3) is 0.647. The summed E-state index contributed by atoms with van der Waals surface area (Å²) in [4.78, 5) is 18.1. The predicted molar refractivity (Wildman–Crippen MR) is 81.5 cm³/mol. The van der Waals surface area contributed by atoms with Crippen LogP contribution in [0.4, 0.5) is 8.78 Å². The van der Waals surface area contributed by atoms with E-state index in [9.17, 15) is 13.6 Å². The Morgan fingerprint density at radius 2 is 2.17 bits per heavy atom. The Hall–Kier alpha value is -1.56. The van der Waals surface area contributed by atoms with Gasteiger partial charge in [-0.15, -0.1) is 0 Å². The lowest BCUT2D eigenvalue weighted by Crippen LogP contribution is -2.51. The number of carbonyl (C=O) groups excluding carboxylic acids is 1. The van der Waals surface area contributed by atoms with Gasteiger partial charge in [-0.1, -0.05) is 6.07 Å². The number of piperidine rings is 1. The van der Waals surface area contributed by atoms with Gasteiger partial charge in [0.15, 0.2) is 0 Å². The summed E-state index contributed by atoms with van der Waals surface area (Å²) in [5.41, 5.74) is 1.05. The molecule has 23 heavy (non-hydrogen) atoms. The molecule has 0 spiro atoms. The van der Waals surface area contributed by atoms with E-state index in [1.165, 1.54) is 4.90 Å².